The maximum Gasteiger partial charge on any atom is 0.214 e. The van der Waals surface area contributed by atoms with Crippen molar-refractivity contribution in [3.63, 3.8) is 0 Å². The number of Topliss-reactive ketones (excluding diaryl/α,β-unsaturated/α-hetero) is 1. The molecule has 4 rings (SSSR count). The van der Waals surface area contributed by atoms with Crippen molar-refractivity contribution >= 4 is 28.3 Å². The first kappa shape index (κ1) is 16.4. The summed E-state index contributed by atoms with van der Waals surface area (Å²) in [5.41, 5.74) is 1.29. The van der Waals surface area contributed by atoms with Crippen molar-refractivity contribution in [1.82, 2.24) is 20.2 Å². The van der Waals surface area contributed by atoms with Crippen LogP contribution in [0.5, 0.6) is 0 Å². The molecule has 4 aromatic rings. The van der Waals surface area contributed by atoms with Gasteiger partial charge in [-0.2, -0.15) is 4.68 Å². The van der Waals surface area contributed by atoms with Crippen LogP contribution in [0.2, 0.25) is 0 Å². The SMILES string of the molecule is O=C(CSc1nnnn1-c1ccc(F)cc1)c1ccc2ccccc2c1. The van der Waals surface area contributed by atoms with Crippen molar-refractivity contribution in [2.24, 2.45) is 0 Å². The molecule has 0 N–H and O–H groups in total. The molecule has 1 heterocycles. The quantitative estimate of drug-likeness (QED) is 0.397. The fourth-order valence-corrected chi connectivity index (χ4v) is 3.37. The fourth-order valence-electron chi connectivity index (χ4n) is 2.59. The summed E-state index contributed by atoms with van der Waals surface area (Å²) in [6.45, 7) is 0. The second-order valence-corrected chi connectivity index (χ2v) is 6.57. The number of carbonyl (C=O) groups is 1. The lowest BCUT2D eigenvalue weighted by Gasteiger charge is -2.05. The van der Waals surface area contributed by atoms with E-state index in [2.05, 4.69) is 15.5 Å². The third-order valence-corrected chi connectivity index (χ3v) is 4.84. The van der Waals surface area contributed by atoms with E-state index in [1.165, 1.54) is 28.6 Å². The molecule has 7 heteroatoms. The van der Waals surface area contributed by atoms with Gasteiger partial charge >= 0.3 is 0 Å². The number of hydrogen-bond donors (Lipinski definition) is 0. The van der Waals surface area contributed by atoms with Crippen LogP contribution in [-0.4, -0.2) is 31.7 Å². The van der Waals surface area contributed by atoms with Crippen LogP contribution in [0.1, 0.15) is 10.4 Å². The van der Waals surface area contributed by atoms with E-state index >= 15 is 0 Å². The highest BCUT2D eigenvalue weighted by atomic mass is 32.2. The summed E-state index contributed by atoms with van der Waals surface area (Å²) in [6, 6.07) is 19.4. The molecule has 0 amide bonds. The number of benzene rings is 3. The van der Waals surface area contributed by atoms with Gasteiger partial charge in [-0.1, -0.05) is 48.2 Å². The lowest BCUT2D eigenvalue weighted by molar-refractivity contribution is 0.102. The summed E-state index contributed by atoms with van der Waals surface area (Å²) < 4.78 is 14.6. The van der Waals surface area contributed by atoms with Gasteiger partial charge < -0.3 is 0 Å². The summed E-state index contributed by atoms with van der Waals surface area (Å²) in [6.07, 6.45) is 0. The molecule has 0 fully saturated rings. The minimum absolute atomic E-state index is 0.00518. The third-order valence-electron chi connectivity index (χ3n) is 3.92. The number of thioether (sulfide) groups is 1. The number of rotatable bonds is 5. The van der Waals surface area contributed by atoms with Gasteiger partial charge in [-0.25, -0.2) is 4.39 Å². The highest BCUT2D eigenvalue weighted by Crippen LogP contribution is 2.21. The first-order valence-corrected chi connectivity index (χ1v) is 8.88. The highest BCUT2D eigenvalue weighted by molar-refractivity contribution is 7.99. The van der Waals surface area contributed by atoms with Crippen LogP contribution < -0.4 is 0 Å². The van der Waals surface area contributed by atoms with E-state index in [0.717, 1.165) is 10.8 Å². The largest absolute Gasteiger partial charge is 0.293 e. The van der Waals surface area contributed by atoms with Crippen LogP contribution in [0.3, 0.4) is 0 Å². The van der Waals surface area contributed by atoms with Gasteiger partial charge in [0.25, 0.3) is 0 Å². The molecule has 0 radical (unpaired) electrons. The van der Waals surface area contributed by atoms with E-state index in [0.29, 0.717) is 16.4 Å². The molecule has 0 bridgehead atoms. The molecule has 0 aliphatic rings. The second-order valence-electron chi connectivity index (χ2n) is 5.62. The van der Waals surface area contributed by atoms with Crippen molar-refractivity contribution in [2.75, 3.05) is 5.75 Å². The highest BCUT2D eigenvalue weighted by Gasteiger charge is 2.13. The minimum Gasteiger partial charge on any atom is -0.293 e. The predicted molar refractivity (Wildman–Crippen MR) is 98.1 cm³/mol. The molecule has 0 spiro atoms. The summed E-state index contributed by atoms with van der Waals surface area (Å²) in [5.74, 6) is -0.128. The summed E-state index contributed by atoms with van der Waals surface area (Å²) in [5, 5.41) is 14.1. The molecule has 0 aliphatic carbocycles. The lowest BCUT2D eigenvalue weighted by atomic mass is 10.1. The fraction of sp³-hybridized carbons (Fsp3) is 0.0526. The lowest BCUT2D eigenvalue weighted by Crippen LogP contribution is -2.05. The Labute approximate surface area is 152 Å². The zero-order valence-electron chi connectivity index (χ0n) is 13.5. The van der Waals surface area contributed by atoms with E-state index in [4.69, 9.17) is 0 Å². The summed E-state index contributed by atoms with van der Waals surface area (Å²) in [7, 11) is 0. The Bertz CT molecular complexity index is 1080. The van der Waals surface area contributed by atoms with Gasteiger partial charge in [0.15, 0.2) is 5.78 Å². The molecule has 26 heavy (non-hydrogen) atoms. The number of tetrazole rings is 1. The molecule has 1 aromatic heterocycles. The molecule has 3 aromatic carbocycles. The Morgan fingerprint density at radius 1 is 1.00 bits per heavy atom. The minimum atomic E-state index is -0.331. The van der Waals surface area contributed by atoms with Crippen molar-refractivity contribution in [3.8, 4) is 5.69 Å². The van der Waals surface area contributed by atoms with Crippen LogP contribution in [0.25, 0.3) is 16.5 Å². The van der Waals surface area contributed by atoms with Gasteiger partial charge in [0.1, 0.15) is 5.82 Å². The average molecular weight is 364 g/mol. The first-order valence-electron chi connectivity index (χ1n) is 7.90. The van der Waals surface area contributed by atoms with E-state index in [-0.39, 0.29) is 17.4 Å². The smallest absolute Gasteiger partial charge is 0.214 e. The van der Waals surface area contributed by atoms with Crippen LogP contribution in [-0.2, 0) is 0 Å². The van der Waals surface area contributed by atoms with Crippen LogP contribution >= 0.6 is 11.8 Å². The first-order chi connectivity index (χ1) is 12.7. The number of carbonyl (C=O) groups excluding carboxylic acids is 1. The third kappa shape index (κ3) is 3.34. The predicted octanol–water partition coefficient (Wildman–Crippen LogP) is 3.93. The Balaban J connectivity index is 1.51. The molecular weight excluding hydrogens is 351 g/mol. The summed E-state index contributed by atoms with van der Waals surface area (Å²) >= 11 is 1.24. The van der Waals surface area contributed by atoms with Gasteiger partial charge in [-0.15, -0.1) is 5.10 Å². The Morgan fingerprint density at radius 3 is 2.58 bits per heavy atom. The van der Waals surface area contributed by atoms with Crippen molar-refractivity contribution in [2.45, 2.75) is 5.16 Å². The average Bonchev–Trinajstić information content (AvgIpc) is 3.15. The van der Waals surface area contributed by atoms with Crippen molar-refractivity contribution in [3.05, 3.63) is 78.1 Å². The Hall–Kier alpha value is -3.06. The second kappa shape index (κ2) is 7.05. The monoisotopic (exact) mass is 364 g/mol. The molecule has 0 saturated carbocycles. The number of nitrogens with zero attached hydrogens (tertiary/aromatic N) is 4. The number of hydrogen-bond acceptors (Lipinski definition) is 5. The van der Waals surface area contributed by atoms with Crippen LogP contribution in [0.15, 0.2) is 71.9 Å². The van der Waals surface area contributed by atoms with Crippen molar-refractivity contribution < 1.29 is 9.18 Å². The maximum atomic E-state index is 13.1. The van der Waals surface area contributed by atoms with Gasteiger partial charge in [0.05, 0.1) is 11.4 Å². The molecule has 0 saturated heterocycles. The van der Waals surface area contributed by atoms with Gasteiger partial charge in [0.2, 0.25) is 5.16 Å². The Morgan fingerprint density at radius 2 is 1.77 bits per heavy atom. The van der Waals surface area contributed by atoms with Crippen LogP contribution in [0, 0.1) is 5.82 Å². The molecular formula is C19H13FN4OS. The van der Waals surface area contributed by atoms with E-state index < -0.39 is 0 Å². The number of ketones is 1. The number of aromatic nitrogens is 4. The molecule has 5 nitrogen and oxygen atoms in total. The van der Waals surface area contributed by atoms with E-state index in [9.17, 15) is 9.18 Å². The summed E-state index contributed by atoms with van der Waals surface area (Å²) in [4.78, 5) is 12.5. The van der Waals surface area contributed by atoms with E-state index in [1.807, 2.05) is 42.5 Å². The van der Waals surface area contributed by atoms with Gasteiger partial charge in [-0.3, -0.25) is 4.79 Å². The molecule has 128 valence electrons. The molecule has 0 atom stereocenters. The van der Waals surface area contributed by atoms with Gasteiger partial charge in [-0.05, 0) is 51.5 Å². The Kier molecular flexibility index (Phi) is 4.45. The zero-order chi connectivity index (χ0) is 17.9. The molecule has 0 aliphatic heterocycles. The maximum absolute atomic E-state index is 13.1. The zero-order valence-corrected chi connectivity index (χ0v) is 14.4. The van der Waals surface area contributed by atoms with E-state index in [1.54, 1.807) is 12.1 Å². The van der Waals surface area contributed by atoms with Gasteiger partial charge in [0, 0.05) is 5.56 Å². The van der Waals surface area contributed by atoms with Crippen molar-refractivity contribution in [1.29, 1.82) is 0 Å². The number of halogens is 1. The number of fused-ring (bicyclic) bond motifs is 1. The topological polar surface area (TPSA) is 60.7 Å². The normalized spacial score (nSPS) is 11.0. The standard InChI is InChI=1S/C19H13FN4OS/c20-16-7-9-17(10-8-16)24-19(21-22-23-24)26-12-18(25)15-6-5-13-3-1-2-4-14(13)11-15/h1-11H,12H2. The molecule has 0 unspecified atom stereocenters. The van der Waals surface area contributed by atoms with Crippen LogP contribution in [0.4, 0.5) is 4.39 Å².